The van der Waals surface area contributed by atoms with Gasteiger partial charge in [0.25, 0.3) is 0 Å². The molecule has 0 bridgehead atoms. The van der Waals surface area contributed by atoms with Crippen molar-refractivity contribution in [1.82, 2.24) is 0 Å². The fourth-order valence-electron chi connectivity index (χ4n) is 12.3. The van der Waals surface area contributed by atoms with Crippen molar-refractivity contribution in [3.8, 4) is 11.5 Å². The van der Waals surface area contributed by atoms with Crippen molar-refractivity contribution in [3.63, 3.8) is 0 Å². The smallest absolute Gasteiger partial charge is 0.416 e. The van der Waals surface area contributed by atoms with Gasteiger partial charge in [-0.3, -0.25) is 14.4 Å². The standard InChI is InChI=1S/C23H27F3O5.C23H32O4.C22H27ClO5/c24-23(25,26)15-6-5-7-16(12-15)30-14-17-10-11-19-18(20(27)13-21(19)28)8-3-1-2-4-9-22(29)31-17;24-21-16-22(25)20-15-14-18(13-12-17-8-4-3-5-9-17)27-23(26)11-7-2-1-6-10-19(20)21;23-15-6-5-7-16(12-15)27-14-17-10-11-19-18(20(24)13-21(19)25)8-3-1-2-4-9-22(26)28-17/h1,3,5-7,10-12,17-21,27-28H,2,4,8-9,13-14H2;1,3-6,8-9,18-22,24-25H,2,7,10-16H2;1,3,5-7,10-12,17-21,24-25H,2,4,8-9,13-14H2/b3-1-,11-10+;6-1-;3-1-,11-10+/t17-,18?,19?,20-,21+;18-,19?,20?,21+,22-;17-,18?,19?,20-,21+/m010/s1. The Labute approximate surface area is 508 Å². The van der Waals surface area contributed by atoms with Gasteiger partial charge in [0.05, 0.1) is 42.2 Å². The van der Waals surface area contributed by atoms with Gasteiger partial charge in [-0.15, -0.1) is 0 Å². The van der Waals surface area contributed by atoms with Crippen LogP contribution in [0.25, 0.3) is 0 Å². The van der Waals surface area contributed by atoms with E-state index in [-0.39, 0.29) is 85.4 Å². The fraction of sp³-hybridized carbons (Fsp3) is 0.544. The van der Waals surface area contributed by atoms with Crippen LogP contribution in [-0.4, -0.2) is 117 Å². The van der Waals surface area contributed by atoms with Crippen LogP contribution < -0.4 is 9.47 Å². The first-order valence-electron chi connectivity index (χ1n) is 30.6. The molecule has 0 radical (unpaired) electrons. The van der Waals surface area contributed by atoms with Crippen molar-refractivity contribution in [2.75, 3.05) is 13.2 Å². The minimum Gasteiger partial charge on any atom is -0.489 e. The summed E-state index contributed by atoms with van der Waals surface area (Å²) < 4.78 is 66.8. The predicted molar refractivity (Wildman–Crippen MR) is 319 cm³/mol. The summed E-state index contributed by atoms with van der Waals surface area (Å²) in [6.07, 6.45) is 21.4. The van der Waals surface area contributed by atoms with Crippen LogP contribution in [0.15, 0.2) is 140 Å². The Morgan fingerprint density at radius 1 is 0.500 bits per heavy atom. The maximum atomic E-state index is 12.9. The average molecular weight is 1220 g/mol. The van der Waals surface area contributed by atoms with Crippen molar-refractivity contribution in [2.24, 2.45) is 35.5 Å². The van der Waals surface area contributed by atoms with E-state index < -0.39 is 66.5 Å². The first-order chi connectivity index (χ1) is 41.4. The van der Waals surface area contributed by atoms with Crippen molar-refractivity contribution in [2.45, 2.75) is 183 Å². The minimum atomic E-state index is -4.49. The molecule has 3 aromatic rings. The van der Waals surface area contributed by atoms with Gasteiger partial charge < -0.3 is 54.3 Å². The van der Waals surface area contributed by atoms with Gasteiger partial charge in [-0.05, 0) is 168 Å². The molecule has 86 heavy (non-hydrogen) atoms. The van der Waals surface area contributed by atoms with Crippen LogP contribution in [-0.2, 0) is 41.2 Å². The number of alkyl halides is 3. The number of fused-ring (bicyclic) bond motifs is 3. The third kappa shape index (κ3) is 22.1. The highest BCUT2D eigenvalue weighted by Crippen LogP contribution is 2.41. The molecule has 3 saturated carbocycles. The molecule has 15 atom stereocenters. The lowest BCUT2D eigenvalue weighted by Crippen LogP contribution is -2.25. The van der Waals surface area contributed by atoms with Crippen LogP contribution in [0.2, 0.25) is 5.02 Å². The molecule has 3 aromatic carbocycles. The number of allylic oxidation sites excluding steroid dienone is 6. The summed E-state index contributed by atoms with van der Waals surface area (Å²) in [5.41, 5.74) is 0.417. The molecule has 14 nitrogen and oxygen atoms in total. The number of aliphatic hydroxyl groups is 6. The summed E-state index contributed by atoms with van der Waals surface area (Å²) >= 11 is 5.98. The van der Waals surface area contributed by atoms with E-state index in [9.17, 15) is 58.2 Å². The van der Waals surface area contributed by atoms with Gasteiger partial charge in [-0.25, -0.2) is 0 Å². The Morgan fingerprint density at radius 2 is 0.965 bits per heavy atom. The van der Waals surface area contributed by atoms with Crippen molar-refractivity contribution in [1.29, 1.82) is 0 Å². The van der Waals surface area contributed by atoms with E-state index in [1.165, 1.54) is 17.7 Å². The molecule has 3 fully saturated rings. The largest absolute Gasteiger partial charge is 0.489 e. The second-order valence-corrected chi connectivity index (χ2v) is 23.8. The molecule has 0 saturated heterocycles. The van der Waals surface area contributed by atoms with Gasteiger partial charge in [0.15, 0.2) is 12.2 Å². The van der Waals surface area contributed by atoms with E-state index >= 15 is 0 Å². The number of esters is 3. The van der Waals surface area contributed by atoms with Crippen LogP contribution in [0.4, 0.5) is 13.2 Å². The Kier molecular flexibility index (Phi) is 27.3. The molecule has 0 amide bonds. The second-order valence-electron chi connectivity index (χ2n) is 23.4. The number of hydrogen-bond acceptors (Lipinski definition) is 14. The molecule has 0 aromatic heterocycles. The number of cyclic esters (lactones) is 3. The molecular weight excluding hydrogens is 1130 g/mol. The third-order valence-corrected chi connectivity index (χ3v) is 17.2. The molecule has 3 heterocycles. The number of carbonyl (C=O) groups is 3. The van der Waals surface area contributed by atoms with E-state index in [1.807, 2.05) is 48.6 Å². The van der Waals surface area contributed by atoms with Gasteiger partial charge in [0, 0.05) is 49.0 Å². The monoisotopic (exact) mass is 1220 g/mol. The number of hydrogen-bond donors (Lipinski definition) is 6. The van der Waals surface area contributed by atoms with Crippen molar-refractivity contribution >= 4 is 29.5 Å². The van der Waals surface area contributed by atoms with Crippen LogP contribution >= 0.6 is 11.6 Å². The Hall–Kier alpha value is -5.79. The van der Waals surface area contributed by atoms with Crippen LogP contribution in [0.1, 0.15) is 127 Å². The molecular formula is C68H86ClF3O14. The molecule has 6 N–H and O–H groups in total. The topological polar surface area (TPSA) is 219 Å². The SMILES string of the molecule is O=C1CCC/C=C\CC2C(/C=C/[C@@H](COc3cccc(C(F)(F)F)c3)O1)[C@H](O)C[C@@H]2O.O=C1CCC/C=C\CC2C(/C=C/[C@@H](COc3cccc(Cl)c3)O1)[C@H](O)C[C@@H]2O.O=C1CCC/C=C\CC2C(CC[C@@H](CCc3ccccc3)O1)[C@H](O)C[C@@H]2O. The number of rotatable bonds is 9. The second kappa shape index (κ2) is 34.7. The Morgan fingerprint density at radius 3 is 1.49 bits per heavy atom. The van der Waals surface area contributed by atoms with Crippen LogP contribution in [0.5, 0.6) is 11.5 Å². The molecule has 6 unspecified atom stereocenters. The quantitative estimate of drug-likeness (QED) is 0.0667. The number of halogens is 4. The van der Waals surface area contributed by atoms with Gasteiger partial charge in [0.1, 0.15) is 30.8 Å². The van der Waals surface area contributed by atoms with Crippen molar-refractivity contribution < 1.29 is 81.9 Å². The molecule has 470 valence electrons. The van der Waals surface area contributed by atoms with E-state index in [0.29, 0.717) is 68.6 Å². The number of aliphatic hydroxyl groups excluding tert-OH is 6. The van der Waals surface area contributed by atoms with E-state index in [1.54, 1.807) is 42.5 Å². The van der Waals surface area contributed by atoms with Crippen molar-refractivity contribution in [3.05, 3.63) is 156 Å². The number of carbonyl (C=O) groups excluding carboxylic acids is 3. The van der Waals surface area contributed by atoms with Gasteiger partial charge in [-0.2, -0.15) is 13.2 Å². The molecule has 6 aliphatic rings. The predicted octanol–water partition coefficient (Wildman–Crippen LogP) is 11.5. The van der Waals surface area contributed by atoms with Gasteiger partial charge >= 0.3 is 24.1 Å². The summed E-state index contributed by atoms with van der Waals surface area (Å²) in [7, 11) is 0. The summed E-state index contributed by atoms with van der Waals surface area (Å²) in [5, 5.41) is 62.6. The van der Waals surface area contributed by atoms with E-state index in [2.05, 4.69) is 24.3 Å². The lowest BCUT2D eigenvalue weighted by Gasteiger charge is -2.25. The highest BCUT2D eigenvalue weighted by atomic mass is 35.5. The molecule has 18 heteroatoms. The first-order valence-corrected chi connectivity index (χ1v) is 31.0. The normalized spacial score (nSPS) is 33.1. The first kappa shape index (κ1) is 67.7. The Balaban J connectivity index is 0.000000185. The molecule has 0 spiro atoms. The number of aryl methyl sites for hydroxylation is 1. The van der Waals surface area contributed by atoms with Crippen LogP contribution in [0.3, 0.4) is 0 Å². The maximum absolute atomic E-state index is 12.9. The Bertz CT molecular complexity index is 2720. The number of benzene rings is 3. The molecule has 3 aliphatic carbocycles. The van der Waals surface area contributed by atoms with Crippen LogP contribution in [0, 0.1) is 35.5 Å². The third-order valence-electron chi connectivity index (χ3n) is 17.0. The molecule has 9 rings (SSSR count). The number of ether oxygens (including phenoxy) is 5. The van der Waals surface area contributed by atoms with Gasteiger partial charge in [0.2, 0.25) is 0 Å². The zero-order chi connectivity index (χ0) is 61.4. The lowest BCUT2D eigenvalue weighted by atomic mass is 9.85. The lowest BCUT2D eigenvalue weighted by molar-refractivity contribution is -0.150. The van der Waals surface area contributed by atoms with Gasteiger partial charge in [-0.1, -0.05) is 103 Å². The summed E-state index contributed by atoms with van der Waals surface area (Å²) in [6.45, 7) is -0.0191. The fourth-order valence-corrected chi connectivity index (χ4v) is 12.5. The summed E-state index contributed by atoms with van der Waals surface area (Å²) in [5.74, 6) is -0.770. The zero-order valence-electron chi connectivity index (χ0n) is 48.7. The minimum absolute atomic E-state index is 0.0144. The van der Waals surface area contributed by atoms with E-state index in [0.717, 1.165) is 63.5 Å². The summed E-state index contributed by atoms with van der Waals surface area (Å²) in [4.78, 5) is 36.5. The molecule has 3 aliphatic heterocycles. The average Bonchev–Trinajstić information content (AvgIpc) is 2.67. The zero-order valence-corrected chi connectivity index (χ0v) is 49.5. The highest BCUT2D eigenvalue weighted by molar-refractivity contribution is 6.30. The highest BCUT2D eigenvalue weighted by Gasteiger charge is 2.42. The summed E-state index contributed by atoms with van der Waals surface area (Å²) in [6, 6.07) is 21.8. The maximum Gasteiger partial charge on any atom is 0.416 e. The van der Waals surface area contributed by atoms with E-state index in [4.69, 9.17) is 35.3 Å².